The van der Waals surface area contributed by atoms with Gasteiger partial charge < -0.3 is 15.2 Å². The number of pyridine rings is 1. The fourth-order valence-electron chi connectivity index (χ4n) is 2.66. The number of aromatic nitrogens is 1. The number of carbonyl (C=O) groups excluding carboxylic acids is 1. The third-order valence-electron chi connectivity index (χ3n) is 3.86. The van der Waals surface area contributed by atoms with E-state index in [2.05, 4.69) is 10.3 Å². The van der Waals surface area contributed by atoms with Crippen LogP contribution in [0.25, 0.3) is 0 Å². The average molecular weight is 292 g/mol. The van der Waals surface area contributed by atoms with Gasteiger partial charge in [0.1, 0.15) is 0 Å². The normalized spacial score (nSPS) is 22.1. The highest BCUT2D eigenvalue weighted by atomic mass is 16.5. The van der Waals surface area contributed by atoms with Crippen molar-refractivity contribution in [3.63, 3.8) is 0 Å². The number of carboxylic acids is 1. The summed E-state index contributed by atoms with van der Waals surface area (Å²) in [5, 5.41) is 12.1. The Morgan fingerprint density at radius 1 is 1.29 bits per heavy atom. The van der Waals surface area contributed by atoms with Gasteiger partial charge in [0.25, 0.3) is 5.91 Å². The molecule has 114 valence electrons. The fourth-order valence-corrected chi connectivity index (χ4v) is 2.66. The van der Waals surface area contributed by atoms with E-state index in [-0.39, 0.29) is 11.9 Å². The second-order valence-electron chi connectivity index (χ2n) is 5.25. The van der Waals surface area contributed by atoms with Crippen molar-refractivity contribution in [2.45, 2.75) is 38.1 Å². The molecule has 6 nitrogen and oxygen atoms in total. The minimum atomic E-state index is -0.838. The first-order valence-electron chi connectivity index (χ1n) is 7.15. The van der Waals surface area contributed by atoms with Crippen molar-refractivity contribution >= 4 is 11.9 Å². The number of nitrogens with zero attached hydrogens (tertiary/aromatic N) is 1. The molecular weight excluding hydrogens is 272 g/mol. The SMILES string of the molecule is COc1ccc(C(=O)N[C@H]2CCCCC[C@H]2C(=O)O)cn1. The van der Waals surface area contributed by atoms with Gasteiger partial charge >= 0.3 is 5.97 Å². The lowest BCUT2D eigenvalue weighted by molar-refractivity contribution is -0.142. The van der Waals surface area contributed by atoms with Crippen molar-refractivity contribution in [1.82, 2.24) is 10.3 Å². The predicted octanol–water partition coefficient (Wildman–Crippen LogP) is 1.85. The molecule has 1 amide bonds. The van der Waals surface area contributed by atoms with Crippen LogP contribution in [0.5, 0.6) is 5.88 Å². The zero-order valence-corrected chi connectivity index (χ0v) is 12.0. The number of hydrogen-bond acceptors (Lipinski definition) is 4. The van der Waals surface area contributed by atoms with Gasteiger partial charge in [-0.15, -0.1) is 0 Å². The van der Waals surface area contributed by atoms with E-state index in [1.807, 2.05) is 0 Å². The molecular formula is C15H20N2O4. The molecule has 2 atom stereocenters. The van der Waals surface area contributed by atoms with Gasteiger partial charge in [0.15, 0.2) is 0 Å². The minimum absolute atomic E-state index is 0.289. The molecule has 1 aliphatic carbocycles. The maximum Gasteiger partial charge on any atom is 0.308 e. The molecule has 2 rings (SSSR count). The van der Waals surface area contributed by atoms with E-state index >= 15 is 0 Å². The Labute approximate surface area is 123 Å². The molecule has 6 heteroatoms. The monoisotopic (exact) mass is 292 g/mol. The summed E-state index contributed by atoms with van der Waals surface area (Å²) in [5.74, 6) is -1.20. The molecule has 1 aromatic heterocycles. The molecule has 1 aromatic rings. The van der Waals surface area contributed by atoms with Gasteiger partial charge in [0.05, 0.1) is 18.6 Å². The number of carbonyl (C=O) groups is 2. The van der Waals surface area contributed by atoms with E-state index < -0.39 is 11.9 Å². The Hall–Kier alpha value is -2.11. The van der Waals surface area contributed by atoms with Crippen molar-refractivity contribution in [2.24, 2.45) is 5.92 Å². The average Bonchev–Trinajstić information content (AvgIpc) is 2.72. The molecule has 1 fully saturated rings. The number of ether oxygens (including phenoxy) is 1. The van der Waals surface area contributed by atoms with Crippen LogP contribution in [0, 0.1) is 5.92 Å². The summed E-state index contributed by atoms with van der Waals surface area (Å²) in [7, 11) is 1.51. The number of rotatable bonds is 4. The van der Waals surface area contributed by atoms with Gasteiger partial charge in [-0.2, -0.15) is 0 Å². The van der Waals surface area contributed by atoms with Crippen LogP contribution in [0.1, 0.15) is 42.5 Å². The Bertz CT molecular complexity index is 501. The van der Waals surface area contributed by atoms with E-state index in [9.17, 15) is 14.7 Å². The lowest BCUT2D eigenvalue weighted by Crippen LogP contribution is -2.42. The van der Waals surface area contributed by atoms with Crippen LogP contribution in [-0.2, 0) is 4.79 Å². The molecule has 1 saturated carbocycles. The highest BCUT2D eigenvalue weighted by Crippen LogP contribution is 2.24. The second kappa shape index (κ2) is 7.06. The van der Waals surface area contributed by atoms with Crippen molar-refractivity contribution in [1.29, 1.82) is 0 Å². The number of aliphatic carboxylic acids is 1. The third-order valence-corrected chi connectivity index (χ3v) is 3.86. The second-order valence-corrected chi connectivity index (χ2v) is 5.25. The first kappa shape index (κ1) is 15.3. The Morgan fingerprint density at radius 2 is 2.05 bits per heavy atom. The van der Waals surface area contributed by atoms with E-state index in [1.165, 1.54) is 13.3 Å². The number of methoxy groups -OCH3 is 1. The molecule has 0 spiro atoms. The molecule has 0 aliphatic heterocycles. The molecule has 0 bridgehead atoms. The van der Waals surface area contributed by atoms with Crippen LogP contribution < -0.4 is 10.1 Å². The summed E-state index contributed by atoms with van der Waals surface area (Å²) in [6, 6.07) is 2.91. The molecule has 1 heterocycles. The van der Waals surface area contributed by atoms with Gasteiger partial charge in [-0.1, -0.05) is 19.3 Å². The number of nitrogens with one attached hydrogen (secondary N) is 1. The van der Waals surface area contributed by atoms with E-state index in [0.717, 1.165) is 19.3 Å². The van der Waals surface area contributed by atoms with Crippen LogP contribution in [-0.4, -0.2) is 35.1 Å². The summed E-state index contributed by atoms with van der Waals surface area (Å²) in [6.07, 6.45) is 5.59. The van der Waals surface area contributed by atoms with Gasteiger partial charge in [0.2, 0.25) is 5.88 Å². The van der Waals surface area contributed by atoms with Crippen molar-refractivity contribution in [2.75, 3.05) is 7.11 Å². The summed E-state index contributed by atoms with van der Waals surface area (Å²) >= 11 is 0. The lowest BCUT2D eigenvalue weighted by Gasteiger charge is -2.22. The zero-order chi connectivity index (χ0) is 15.2. The zero-order valence-electron chi connectivity index (χ0n) is 12.0. The summed E-state index contributed by atoms with van der Waals surface area (Å²) in [5.41, 5.74) is 0.407. The van der Waals surface area contributed by atoms with E-state index in [1.54, 1.807) is 12.1 Å². The fraction of sp³-hybridized carbons (Fsp3) is 0.533. The molecule has 0 radical (unpaired) electrons. The molecule has 0 aromatic carbocycles. The minimum Gasteiger partial charge on any atom is -0.481 e. The Morgan fingerprint density at radius 3 is 2.67 bits per heavy atom. The lowest BCUT2D eigenvalue weighted by atomic mass is 9.94. The highest BCUT2D eigenvalue weighted by molar-refractivity contribution is 5.94. The molecule has 0 unspecified atom stereocenters. The standard InChI is InChI=1S/C15H20N2O4/c1-21-13-8-7-10(9-16-13)14(18)17-12-6-4-2-3-5-11(12)15(19)20/h7-9,11-12H,2-6H2,1H3,(H,17,18)(H,19,20)/t11-,12+/m1/s1. The quantitative estimate of drug-likeness (QED) is 0.827. The number of hydrogen-bond donors (Lipinski definition) is 2. The van der Waals surface area contributed by atoms with Gasteiger partial charge in [-0.05, 0) is 18.9 Å². The summed E-state index contributed by atoms with van der Waals surface area (Å²) < 4.78 is 4.94. The van der Waals surface area contributed by atoms with Crippen LogP contribution in [0.3, 0.4) is 0 Å². The molecule has 1 aliphatic rings. The van der Waals surface area contributed by atoms with E-state index in [0.29, 0.717) is 24.3 Å². The first-order valence-corrected chi connectivity index (χ1v) is 7.15. The van der Waals surface area contributed by atoms with Gasteiger partial charge in [-0.25, -0.2) is 4.98 Å². The van der Waals surface area contributed by atoms with Crippen molar-refractivity contribution in [3.05, 3.63) is 23.9 Å². The van der Waals surface area contributed by atoms with Crippen molar-refractivity contribution in [3.8, 4) is 5.88 Å². The van der Waals surface area contributed by atoms with Crippen LogP contribution in [0.4, 0.5) is 0 Å². The van der Waals surface area contributed by atoms with Crippen LogP contribution in [0.2, 0.25) is 0 Å². The molecule has 2 N–H and O–H groups in total. The number of carboxylic acid groups (broad SMARTS) is 1. The topological polar surface area (TPSA) is 88.5 Å². The Balaban J connectivity index is 2.06. The van der Waals surface area contributed by atoms with Crippen molar-refractivity contribution < 1.29 is 19.4 Å². The summed E-state index contributed by atoms with van der Waals surface area (Å²) in [4.78, 5) is 27.5. The number of amides is 1. The smallest absolute Gasteiger partial charge is 0.308 e. The third kappa shape index (κ3) is 3.93. The van der Waals surface area contributed by atoms with Gasteiger partial charge in [-0.3, -0.25) is 9.59 Å². The van der Waals surface area contributed by atoms with E-state index in [4.69, 9.17) is 4.74 Å². The maximum atomic E-state index is 12.2. The molecule has 21 heavy (non-hydrogen) atoms. The van der Waals surface area contributed by atoms with Crippen LogP contribution in [0.15, 0.2) is 18.3 Å². The molecule has 0 saturated heterocycles. The van der Waals surface area contributed by atoms with Crippen LogP contribution >= 0.6 is 0 Å². The summed E-state index contributed by atoms with van der Waals surface area (Å²) in [6.45, 7) is 0. The van der Waals surface area contributed by atoms with Gasteiger partial charge in [0, 0.05) is 18.3 Å². The first-order chi connectivity index (χ1) is 10.1. The largest absolute Gasteiger partial charge is 0.481 e. The highest BCUT2D eigenvalue weighted by Gasteiger charge is 2.30. The predicted molar refractivity (Wildman–Crippen MR) is 76.3 cm³/mol. The maximum absolute atomic E-state index is 12.2. The Kier molecular flexibility index (Phi) is 5.14.